The fourth-order valence-corrected chi connectivity index (χ4v) is 1.80. The zero-order valence-electron chi connectivity index (χ0n) is 11.6. The number of nitrogens with two attached hydrogens (primary N) is 1. The maximum Gasteiger partial charge on any atom is 0.101 e. The summed E-state index contributed by atoms with van der Waals surface area (Å²) in [6.45, 7) is 5.27. The van der Waals surface area contributed by atoms with Crippen molar-refractivity contribution >= 4 is 11.4 Å². The summed E-state index contributed by atoms with van der Waals surface area (Å²) in [6, 6.07) is 7.91. The average molecular weight is 246 g/mol. The summed E-state index contributed by atoms with van der Waals surface area (Å²) in [5.41, 5.74) is 7.87. The molecule has 1 rings (SSSR count). The van der Waals surface area contributed by atoms with Crippen molar-refractivity contribution in [1.82, 2.24) is 4.90 Å². The Hall–Kier alpha value is -1.73. The summed E-state index contributed by atoms with van der Waals surface area (Å²) in [5.74, 6) is 0.484. The maximum atomic E-state index is 8.97. The number of likely N-dealkylation sites (N-methyl/N-ethyl adjacent to an activating group) is 1. The predicted octanol–water partition coefficient (Wildman–Crippen LogP) is 2.14. The number of para-hydroxylation sites is 1. The number of benzene rings is 1. The van der Waals surface area contributed by atoms with Gasteiger partial charge in [-0.1, -0.05) is 19.9 Å². The van der Waals surface area contributed by atoms with Gasteiger partial charge >= 0.3 is 0 Å². The Labute approximate surface area is 109 Å². The lowest BCUT2D eigenvalue weighted by atomic mass is 10.0. The molecule has 1 aromatic carbocycles. The van der Waals surface area contributed by atoms with Crippen LogP contribution in [0.1, 0.15) is 19.4 Å². The summed E-state index contributed by atoms with van der Waals surface area (Å²) in [6.07, 6.45) is 0. The van der Waals surface area contributed by atoms with Crippen molar-refractivity contribution in [3.63, 3.8) is 0 Å². The Balaban J connectivity index is 2.91. The van der Waals surface area contributed by atoms with E-state index in [9.17, 15) is 0 Å². The Kier molecular flexibility index (Phi) is 4.99. The van der Waals surface area contributed by atoms with E-state index < -0.39 is 0 Å². The zero-order chi connectivity index (χ0) is 13.7. The van der Waals surface area contributed by atoms with Gasteiger partial charge in [-0.2, -0.15) is 5.26 Å². The van der Waals surface area contributed by atoms with E-state index in [1.165, 1.54) is 0 Å². The van der Waals surface area contributed by atoms with Crippen molar-refractivity contribution in [2.45, 2.75) is 19.9 Å². The molecule has 1 aromatic rings. The van der Waals surface area contributed by atoms with Crippen molar-refractivity contribution < 1.29 is 0 Å². The highest BCUT2D eigenvalue weighted by atomic mass is 15.1. The second-order valence-corrected chi connectivity index (χ2v) is 5.14. The van der Waals surface area contributed by atoms with Crippen LogP contribution >= 0.6 is 0 Å². The molecule has 3 N–H and O–H groups in total. The Morgan fingerprint density at radius 2 is 2.06 bits per heavy atom. The molecule has 4 nitrogen and oxygen atoms in total. The molecule has 18 heavy (non-hydrogen) atoms. The van der Waals surface area contributed by atoms with E-state index in [2.05, 4.69) is 30.1 Å². The second-order valence-electron chi connectivity index (χ2n) is 5.14. The summed E-state index contributed by atoms with van der Waals surface area (Å²) >= 11 is 0. The van der Waals surface area contributed by atoms with E-state index in [-0.39, 0.29) is 0 Å². The van der Waals surface area contributed by atoms with Gasteiger partial charge in [0.1, 0.15) is 6.07 Å². The number of nitrogens with zero attached hydrogens (tertiary/aromatic N) is 2. The first kappa shape index (κ1) is 14.3. The normalized spacial score (nSPS) is 12.5. The average Bonchev–Trinajstić information content (AvgIpc) is 2.30. The van der Waals surface area contributed by atoms with Crippen LogP contribution in [0.25, 0.3) is 0 Å². The lowest BCUT2D eigenvalue weighted by molar-refractivity contribution is 0.344. The van der Waals surface area contributed by atoms with Gasteiger partial charge in [0.2, 0.25) is 0 Å². The summed E-state index contributed by atoms with van der Waals surface area (Å²) in [5, 5.41) is 12.4. The first-order valence-corrected chi connectivity index (χ1v) is 6.15. The third-order valence-electron chi connectivity index (χ3n) is 2.93. The minimum absolute atomic E-state index is 0.302. The van der Waals surface area contributed by atoms with E-state index in [1.807, 2.05) is 26.2 Å². The Bertz CT molecular complexity index is 432. The van der Waals surface area contributed by atoms with Crippen LogP contribution in [0.3, 0.4) is 0 Å². The van der Waals surface area contributed by atoms with Crippen molar-refractivity contribution in [2.75, 3.05) is 31.7 Å². The fraction of sp³-hybridized carbons (Fsp3) is 0.500. The molecule has 4 heteroatoms. The van der Waals surface area contributed by atoms with Crippen LogP contribution in [0.5, 0.6) is 0 Å². The largest absolute Gasteiger partial charge is 0.396 e. The van der Waals surface area contributed by atoms with Gasteiger partial charge in [-0.3, -0.25) is 0 Å². The minimum Gasteiger partial charge on any atom is -0.396 e. The molecule has 0 amide bonds. The predicted molar refractivity (Wildman–Crippen MR) is 76.4 cm³/mol. The highest BCUT2D eigenvalue weighted by Crippen LogP contribution is 2.24. The van der Waals surface area contributed by atoms with Crippen LogP contribution in [0.2, 0.25) is 0 Å². The number of rotatable bonds is 5. The number of nitrogens with one attached hydrogen (secondary N) is 1. The van der Waals surface area contributed by atoms with E-state index >= 15 is 0 Å². The molecular formula is C14H22N4. The van der Waals surface area contributed by atoms with Gasteiger partial charge in [-0.25, -0.2) is 0 Å². The highest BCUT2D eigenvalue weighted by molar-refractivity contribution is 5.73. The van der Waals surface area contributed by atoms with Crippen LogP contribution in [-0.2, 0) is 0 Å². The molecule has 0 bridgehead atoms. The molecule has 0 aliphatic heterocycles. The third kappa shape index (κ3) is 3.64. The monoisotopic (exact) mass is 246 g/mol. The maximum absolute atomic E-state index is 8.97. The first-order valence-electron chi connectivity index (χ1n) is 6.15. The number of anilines is 2. The summed E-state index contributed by atoms with van der Waals surface area (Å²) < 4.78 is 0. The quantitative estimate of drug-likeness (QED) is 0.781. The van der Waals surface area contributed by atoms with Gasteiger partial charge < -0.3 is 16.0 Å². The number of hydrogen-bond acceptors (Lipinski definition) is 4. The third-order valence-corrected chi connectivity index (χ3v) is 2.93. The van der Waals surface area contributed by atoms with Gasteiger partial charge in [0, 0.05) is 12.6 Å². The van der Waals surface area contributed by atoms with Gasteiger partial charge in [0.25, 0.3) is 0 Å². The molecule has 0 aliphatic carbocycles. The molecule has 0 aliphatic rings. The molecule has 0 aromatic heterocycles. The van der Waals surface area contributed by atoms with Gasteiger partial charge in [0.15, 0.2) is 0 Å². The molecule has 98 valence electrons. The smallest absolute Gasteiger partial charge is 0.101 e. The minimum atomic E-state index is 0.302. The first-order chi connectivity index (χ1) is 8.45. The van der Waals surface area contributed by atoms with Gasteiger partial charge in [-0.05, 0) is 32.1 Å². The lowest BCUT2D eigenvalue weighted by Crippen LogP contribution is -2.36. The lowest BCUT2D eigenvalue weighted by Gasteiger charge is -2.27. The molecule has 1 unspecified atom stereocenters. The number of nitrogen functional groups attached to an aromatic ring is 1. The Morgan fingerprint density at radius 3 is 2.56 bits per heavy atom. The zero-order valence-corrected chi connectivity index (χ0v) is 11.6. The van der Waals surface area contributed by atoms with E-state index in [1.54, 1.807) is 6.07 Å². The van der Waals surface area contributed by atoms with Crippen LogP contribution in [-0.4, -0.2) is 31.6 Å². The van der Waals surface area contributed by atoms with Crippen LogP contribution in [0.15, 0.2) is 18.2 Å². The van der Waals surface area contributed by atoms with Crippen molar-refractivity contribution in [3.8, 4) is 6.07 Å². The van der Waals surface area contributed by atoms with Crippen molar-refractivity contribution in [2.24, 2.45) is 5.92 Å². The van der Waals surface area contributed by atoms with Gasteiger partial charge in [-0.15, -0.1) is 0 Å². The van der Waals surface area contributed by atoms with Crippen LogP contribution in [0.4, 0.5) is 11.4 Å². The SMILES string of the molecule is CC(C)C(CN(C)C)Nc1cccc(C#N)c1N. The number of hydrogen-bond donors (Lipinski definition) is 2. The van der Waals surface area contributed by atoms with E-state index in [0.29, 0.717) is 23.2 Å². The molecule has 0 saturated heterocycles. The molecule has 0 heterocycles. The van der Waals surface area contributed by atoms with E-state index in [4.69, 9.17) is 11.0 Å². The Morgan fingerprint density at radius 1 is 1.39 bits per heavy atom. The van der Waals surface area contributed by atoms with Crippen molar-refractivity contribution in [3.05, 3.63) is 23.8 Å². The standard InChI is InChI=1S/C14H22N4/c1-10(2)13(9-18(3)4)17-12-7-5-6-11(8-15)14(12)16/h5-7,10,13,17H,9,16H2,1-4H3. The molecule has 0 fully saturated rings. The molecule has 0 radical (unpaired) electrons. The van der Waals surface area contributed by atoms with Crippen LogP contribution < -0.4 is 11.1 Å². The summed E-state index contributed by atoms with van der Waals surface area (Å²) in [7, 11) is 4.10. The fourth-order valence-electron chi connectivity index (χ4n) is 1.80. The molecular weight excluding hydrogens is 224 g/mol. The van der Waals surface area contributed by atoms with Crippen molar-refractivity contribution in [1.29, 1.82) is 5.26 Å². The topological polar surface area (TPSA) is 65.1 Å². The second kappa shape index (κ2) is 6.27. The number of nitriles is 1. The van der Waals surface area contributed by atoms with E-state index in [0.717, 1.165) is 12.2 Å². The summed E-state index contributed by atoms with van der Waals surface area (Å²) in [4.78, 5) is 2.14. The van der Waals surface area contributed by atoms with Crippen LogP contribution in [0, 0.1) is 17.2 Å². The molecule has 0 saturated carbocycles. The van der Waals surface area contributed by atoms with Gasteiger partial charge in [0.05, 0.1) is 16.9 Å². The highest BCUT2D eigenvalue weighted by Gasteiger charge is 2.15. The molecule has 0 spiro atoms. The molecule has 1 atom stereocenters.